The van der Waals surface area contributed by atoms with Crippen LogP contribution in [-0.4, -0.2) is 0 Å². The summed E-state index contributed by atoms with van der Waals surface area (Å²) in [6.45, 7) is 4.32. The summed E-state index contributed by atoms with van der Waals surface area (Å²) in [7, 11) is 0. The molecule has 0 unspecified atom stereocenters. The van der Waals surface area contributed by atoms with Crippen LogP contribution in [0.2, 0.25) is 0 Å². The van der Waals surface area contributed by atoms with Crippen LogP contribution in [0.25, 0.3) is 39.0 Å². The van der Waals surface area contributed by atoms with E-state index in [-0.39, 0.29) is 0 Å². The number of ether oxygens (including phenoxy) is 2. The van der Waals surface area contributed by atoms with Gasteiger partial charge in [-0.3, -0.25) is 0 Å². The smallest absolute Gasteiger partial charge is 0.132 e. The monoisotopic (exact) mass is 909 g/mol. The molecule has 2 heterocycles. The predicted molar refractivity (Wildman–Crippen MR) is 289 cm³/mol. The number of benzene rings is 10. The molecule has 336 valence electrons. The van der Waals surface area contributed by atoms with E-state index in [0.717, 1.165) is 73.5 Å². The molecule has 4 aliphatic rings. The molecule has 0 atom stereocenters. The molecule has 0 amide bonds. The molecule has 3 heteroatoms. The van der Waals surface area contributed by atoms with Crippen molar-refractivity contribution < 1.29 is 9.47 Å². The van der Waals surface area contributed by atoms with Crippen LogP contribution in [0.5, 0.6) is 23.0 Å². The van der Waals surface area contributed by atoms with Crippen LogP contribution < -0.4 is 14.4 Å². The van der Waals surface area contributed by atoms with Gasteiger partial charge in [-0.2, -0.15) is 0 Å². The molecule has 0 saturated heterocycles. The highest BCUT2D eigenvalue weighted by Crippen LogP contribution is 2.65. The fourth-order valence-electron chi connectivity index (χ4n) is 12.8. The topological polar surface area (TPSA) is 21.7 Å². The van der Waals surface area contributed by atoms with Crippen LogP contribution in [0, 0.1) is 0 Å². The van der Waals surface area contributed by atoms with Crippen molar-refractivity contribution in [2.24, 2.45) is 0 Å². The Balaban J connectivity index is 1.04. The minimum Gasteiger partial charge on any atom is -0.457 e. The number of hydrogen-bond donors (Lipinski definition) is 0. The zero-order valence-electron chi connectivity index (χ0n) is 39.4. The van der Waals surface area contributed by atoms with Crippen molar-refractivity contribution in [3.8, 4) is 56.4 Å². The molecule has 0 aromatic heterocycles. The first-order chi connectivity index (χ1) is 35.1. The van der Waals surface area contributed by atoms with Crippen LogP contribution in [-0.2, 0) is 10.8 Å². The lowest BCUT2D eigenvalue weighted by atomic mass is 9.66. The first-order valence-corrected chi connectivity index (χ1v) is 24.6. The number of para-hydroxylation sites is 2. The lowest BCUT2D eigenvalue weighted by Crippen LogP contribution is -2.33. The van der Waals surface area contributed by atoms with Crippen molar-refractivity contribution in [3.05, 3.63) is 305 Å². The van der Waals surface area contributed by atoms with Crippen LogP contribution in [0.15, 0.2) is 254 Å². The van der Waals surface area contributed by atoms with Crippen molar-refractivity contribution in [2.75, 3.05) is 4.90 Å². The standard InChI is InChI=1S/C68H47NO2/c1-3-49(46-24-20-23-45(41-46)44-21-6-5-7-22-44)62(4-2)69(47-37-39-65-60(42-47)67(58-33-16-18-35-63(58)70-65)54-29-12-8-25-50(54)51-26-9-13-30-55(51)67)48-38-40-66-61(43-48)68(59-34-17-19-36-64(59)71-66)56-31-14-10-27-52(56)53-28-11-15-32-57(53)68/h3-43H,1-2H3/b49-3-,62-4+. The minimum atomic E-state index is -0.642. The zero-order valence-corrected chi connectivity index (χ0v) is 39.4. The number of anilines is 2. The quantitative estimate of drug-likeness (QED) is 0.155. The van der Waals surface area contributed by atoms with Crippen molar-refractivity contribution in [3.63, 3.8) is 0 Å². The summed E-state index contributed by atoms with van der Waals surface area (Å²) in [5.74, 6) is 3.43. The Morgan fingerprint density at radius 1 is 0.338 bits per heavy atom. The minimum absolute atomic E-state index is 0.642. The summed E-state index contributed by atoms with van der Waals surface area (Å²) in [6.07, 6.45) is 4.53. The maximum absolute atomic E-state index is 6.99. The first kappa shape index (κ1) is 41.1. The first-order valence-electron chi connectivity index (χ1n) is 24.6. The Bertz CT molecular complexity index is 3590. The van der Waals surface area contributed by atoms with E-state index in [2.05, 4.69) is 267 Å². The number of hydrogen-bond acceptors (Lipinski definition) is 3. The van der Waals surface area contributed by atoms with Gasteiger partial charge in [-0.1, -0.05) is 194 Å². The zero-order chi connectivity index (χ0) is 47.3. The molecule has 2 aliphatic heterocycles. The Labute approximate surface area is 414 Å². The van der Waals surface area contributed by atoms with E-state index in [1.54, 1.807) is 0 Å². The maximum atomic E-state index is 6.99. The summed E-state index contributed by atoms with van der Waals surface area (Å²) in [5, 5.41) is 0. The highest BCUT2D eigenvalue weighted by atomic mass is 16.5. The number of allylic oxidation sites excluding steroid dienone is 3. The third kappa shape index (κ3) is 5.72. The summed E-state index contributed by atoms with van der Waals surface area (Å²) in [4.78, 5) is 2.47. The Morgan fingerprint density at radius 2 is 0.732 bits per heavy atom. The van der Waals surface area contributed by atoms with Gasteiger partial charge in [0.2, 0.25) is 0 Å². The van der Waals surface area contributed by atoms with Gasteiger partial charge in [0.25, 0.3) is 0 Å². The van der Waals surface area contributed by atoms with Crippen LogP contribution >= 0.6 is 0 Å². The van der Waals surface area contributed by atoms with Crippen molar-refractivity contribution >= 4 is 16.9 Å². The van der Waals surface area contributed by atoms with E-state index in [1.807, 2.05) is 0 Å². The highest BCUT2D eigenvalue weighted by Gasteiger charge is 2.53. The summed E-state index contributed by atoms with van der Waals surface area (Å²) < 4.78 is 14.0. The van der Waals surface area contributed by atoms with Crippen LogP contribution in [0.4, 0.5) is 11.4 Å². The van der Waals surface area contributed by atoms with Gasteiger partial charge in [0.05, 0.1) is 10.8 Å². The van der Waals surface area contributed by atoms with Gasteiger partial charge < -0.3 is 14.4 Å². The van der Waals surface area contributed by atoms with Gasteiger partial charge in [-0.25, -0.2) is 0 Å². The van der Waals surface area contributed by atoms with Gasteiger partial charge in [0, 0.05) is 44.9 Å². The molecule has 2 spiro atoms. The molecule has 0 bridgehead atoms. The fourth-order valence-corrected chi connectivity index (χ4v) is 12.8. The molecule has 0 N–H and O–H groups in total. The van der Waals surface area contributed by atoms with Crippen LogP contribution in [0.3, 0.4) is 0 Å². The number of rotatable bonds is 6. The third-order valence-electron chi connectivity index (χ3n) is 15.5. The van der Waals surface area contributed by atoms with E-state index in [1.165, 1.54) is 55.6 Å². The average molecular weight is 910 g/mol. The molecule has 0 radical (unpaired) electrons. The number of fused-ring (bicyclic) bond motifs is 18. The number of nitrogens with zero attached hydrogens (tertiary/aromatic N) is 1. The second kappa shape index (κ2) is 15.8. The molecule has 71 heavy (non-hydrogen) atoms. The largest absolute Gasteiger partial charge is 0.457 e. The SMILES string of the molecule is C/C=C(\C(=C/C)N(c1ccc2c(c1)C1(c3ccccc3O2)c2ccccc2-c2ccccc21)c1ccc2c(c1)C1(c3ccccc3O2)c2ccccc2-c2ccccc21)c1cccc(-c2ccccc2)c1. The highest BCUT2D eigenvalue weighted by molar-refractivity contribution is 5.94. The predicted octanol–water partition coefficient (Wildman–Crippen LogP) is 17.4. The average Bonchev–Trinajstić information content (AvgIpc) is 3.90. The van der Waals surface area contributed by atoms with Crippen molar-refractivity contribution in [1.29, 1.82) is 0 Å². The molecule has 3 nitrogen and oxygen atoms in total. The fraction of sp³-hybridized carbons (Fsp3) is 0.0588. The van der Waals surface area contributed by atoms with Crippen molar-refractivity contribution in [2.45, 2.75) is 24.7 Å². The van der Waals surface area contributed by atoms with E-state index in [4.69, 9.17) is 9.47 Å². The molecule has 10 aromatic carbocycles. The normalized spacial score (nSPS) is 14.7. The van der Waals surface area contributed by atoms with Crippen LogP contribution in [0.1, 0.15) is 63.9 Å². The lowest BCUT2D eigenvalue weighted by molar-refractivity contribution is 0.436. The Morgan fingerprint density at radius 3 is 1.18 bits per heavy atom. The van der Waals surface area contributed by atoms with E-state index >= 15 is 0 Å². The van der Waals surface area contributed by atoms with E-state index in [9.17, 15) is 0 Å². The molecule has 0 fully saturated rings. The Kier molecular flexibility index (Phi) is 9.15. The van der Waals surface area contributed by atoms with E-state index < -0.39 is 10.8 Å². The summed E-state index contributed by atoms with van der Waals surface area (Å²) >= 11 is 0. The maximum Gasteiger partial charge on any atom is 0.132 e. The van der Waals surface area contributed by atoms with Gasteiger partial charge in [-0.05, 0) is 130 Å². The Hall–Kier alpha value is -8.92. The second-order valence-electron chi connectivity index (χ2n) is 18.9. The van der Waals surface area contributed by atoms with Gasteiger partial charge in [0.1, 0.15) is 23.0 Å². The third-order valence-corrected chi connectivity index (χ3v) is 15.5. The molecule has 14 rings (SSSR count). The molecular formula is C68H47NO2. The second-order valence-corrected chi connectivity index (χ2v) is 18.9. The van der Waals surface area contributed by atoms with Gasteiger partial charge in [0.15, 0.2) is 0 Å². The molecule has 10 aromatic rings. The lowest BCUT2D eigenvalue weighted by Gasteiger charge is -2.41. The molecular weight excluding hydrogens is 863 g/mol. The molecule has 0 saturated carbocycles. The summed E-state index contributed by atoms with van der Waals surface area (Å²) in [5.41, 5.74) is 20.8. The van der Waals surface area contributed by atoms with Crippen molar-refractivity contribution in [1.82, 2.24) is 0 Å². The van der Waals surface area contributed by atoms with Gasteiger partial charge in [-0.15, -0.1) is 0 Å². The summed E-state index contributed by atoms with van der Waals surface area (Å²) in [6, 6.07) is 86.2. The van der Waals surface area contributed by atoms with E-state index in [0.29, 0.717) is 0 Å². The van der Waals surface area contributed by atoms with Gasteiger partial charge >= 0.3 is 0 Å². The molecule has 2 aliphatic carbocycles.